The van der Waals surface area contributed by atoms with E-state index in [9.17, 15) is 8.42 Å². The van der Waals surface area contributed by atoms with Gasteiger partial charge in [-0.25, -0.2) is 12.7 Å². The van der Waals surface area contributed by atoms with Gasteiger partial charge < -0.3 is 10.6 Å². The highest BCUT2D eigenvalue weighted by Crippen LogP contribution is 2.20. The lowest BCUT2D eigenvalue weighted by atomic mass is 10.1. The van der Waals surface area contributed by atoms with Crippen LogP contribution in [0.5, 0.6) is 0 Å². The average molecular weight is 293 g/mol. The monoisotopic (exact) mass is 293 g/mol. The first-order valence-corrected chi connectivity index (χ1v) is 8.16. The molecule has 1 aliphatic heterocycles. The molecule has 1 heterocycles. The van der Waals surface area contributed by atoms with Crippen molar-refractivity contribution < 1.29 is 8.42 Å². The minimum absolute atomic E-state index is 0.0251. The molecule has 5 nitrogen and oxygen atoms in total. The summed E-state index contributed by atoms with van der Waals surface area (Å²) in [6.07, 6.45) is 2.34. The molecule has 106 valence electrons. The third kappa shape index (κ3) is 3.40. The molecule has 0 amide bonds. The van der Waals surface area contributed by atoms with Crippen molar-refractivity contribution >= 4 is 27.2 Å². The molecule has 0 saturated carbocycles. The molecule has 0 aromatic rings. The predicted molar refractivity (Wildman–Crippen MR) is 78.1 cm³/mol. The van der Waals surface area contributed by atoms with Crippen LogP contribution in [0, 0.1) is 0 Å². The molecule has 1 fully saturated rings. The minimum atomic E-state index is -3.43. The van der Waals surface area contributed by atoms with Gasteiger partial charge in [-0.15, -0.1) is 0 Å². The summed E-state index contributed by atoms with van der Waals surface area (Å²) in [6, 6.07) is 0.0251. The maximum absolute atomic E-state index is 12.4. The van der Waals surface area contributed by atoms with Crippen molar-refractivity contribution in [3.63, 3.8) is 0 Å². The molecule has 0 bridgehead atoms. The van der Waals surface area contributed by atoms with Gasteiger partial charge in [0.15, 0.2) is 0 Å². The first kappa shape index (κ1) is 15.8. The summed E-state index contributed by atoms with van der Waals surface area (Å²) >= 11 is 4.87. The largest absolute Gasteiger partial charge is 0.392 e. The summed E-state index contributed by atoms with van der Waals surface area (Å²) in [5, 5.41) is -0.746. The normalized spacial score (nSPS) is 24.1. The molecule has 0 spiro atoms. The van der Waals surface area contributed by atoms with E-state index in [0.717, 1.165) is 25.9 Å². The van der Waals surface area contributed by atoms with Crippen LogP contribution < -0.4 is 5.73 Å². The van der Waals surface area contributed by atoms with Crippen LogP contribution in [0.1, 0.15) is 26.2 Å². The Bertz CT molecular complexity index is 397. The van der Waals surface area contributed by atoms with Gasteiger partial charge in [0, 0.05) is 19.6 Å². The fourth-order valence-corrected chi connectivity index (χ4v) is 4.64. The number of hydrogen-bond donors (Lipinski definition) is 1. The van der Waals surface area contributed by atoms with Crippen LogP contribution in [-0.2, 0) is 10.0 Å². The third-order valence-electron chi connectivity index (χ3n) is 3.56. The number of piperidine rings is 1. The SMILES string of the molecule is CCC(C(N)=S)S(=O)(=O)N(C)C1CCCN(C)C1. The second-order valence-electron chi connectivity index (χ2n) is 4.92. The smallest absolute Gasteiger partial charge is 0.223 e. The predicted octanol–water partition coefficient (Wildman–Crippen LogP) is 0.407. The zero-order chi connectivity index (χ0) is 13.9. The second-order valence-corrected chi connectivity index (χ2v) is 7.57. The topological polar surface area (TPSA) is 66.6 Å². The molecule has 0 aliphatic carbocycles. The number of likely N-dealkylation sites (tertiary alicyclic amines) is 1. The highest BCUT2D eigenvalue weighted by Gasteiger charge is 2.35. The third-order valence-corrected chi connectivity index (χ3v) is 6.40. The van der Waals surface area contributed by atoms with Crippen molar-refractivity contribution in [2.75, 3.05) is 27.2 Å². The van der Waals surface area contributed by atoms with Crippen LogP contribution >= 0.6 is 12.2 Å². The van der Waals surface area contributed by atoms with Gasteiger partial charge in [0.2, 0.25) is 10.0 Å². The Balaban J connectivity index is 2.86. The average Bonchev–Trinajstić information content (AvgIpc) is 2.27. The van der Waals surface area contributed by atoms with Gasteiger partial charge in [0.25, 0.3) is 0 Å². The lowest BCUT2D eigenvalue weighted by Gasteiger charge is -2.36. The lowest BCUT2D eigenvalue weighted by Crippen LogP contribution is -2.51. The second kappa shape index (κ2) is 6.27. The molecule has 2 N–H and O–H groups in total. The molecule has 1 rings (SSSR count). The van der Waals surface area contributed by atoms with Crippen LogP contribution in [0.25, 0.3) is 0 Å². The standard InChI is InChI=1S/C11H23N3O2S2/c1-4-10(11(12)17)18(15,16)14(3)9-6-5-7-13(2)8-9/h9-10H,4-8H2,1-3H3,(H2,12,17). The Kier molecular flexibility index (Phi) is 5.51. The van der Waals surface area contributed by atoms with E-state index in [1.54, 1.807) is 14.0 Å². The molecule has 7 heteroatoms. The van der Waals surface area contributed by atoms with Gasteiger partial charge in [-0.1, -0.05) is 19.1 Å². The van der Waals surface area contributed by atoms with Crippen LogP contribution in [-0.4, -0.2) is 61.1 Å². The fraction of sp³-hybridized carbons (Fsp3) is 0.909. The van der Waals surface area contributed by atoms with E-state index in [-0.39, 0.29) is 11.0 Å². The van der Waals surface area contributed by atoms with Crippen molar-refractivity contribution in [1.29, 1.82) is 0 Å². The molecule has 18 heavy (non-hydrogen) atoms. The van der Waals surface area contributed by atoms with E-state index >= 15 is 0 Å². The van der Waals surface area contributed by atoms with Gasteiger partial charge in [-0.2, -0.15) is 0 Å². The van der Waals surface area contributed by atoms with E-state index in [4.69, 9.17) is 18.0 Å². The van der Waals surface area contributed by atoms with Crippen molar-refractivity contribution in [3.05, 3.63) is 0 Å². The number of rotatable bonds is 5. The van der Waals surface area contributed by atoms with Crippen LogP contribution in [0.2, 0.25) is 0 Å². The molecular formula is C11H23N3O2S2. The molecule has 2 unspecified atom stereocenters. The van der Waals surface area contributed by atoms with Crippen LogP contribution in [0.4, 0.5) is 0 Å². The summed E-state index contributed by atoms with van der Waals surface area (Å²) in [4.78, 5) is 2.22. The molecule has 2 atom stereocenters. The quantitative estimate of drug-likeness (QED) is 0.744. The van der Waals surface area contributed by atoms with E-state index in [1.165, 1.54) is 4.31 Å². The van der Waals surface area contributed by atoms with Crippen molar-refractivity contribution in [3.8, 4) is 0 Å². The Hall–Kier alpha value is -0.240. The minimum Gasteiger partial charge on any atom is -0.392 e. The highest BCUT2D eigenvalue weighted by molar-refractivity contribution is 7.92. The molecule has 0 aromatic heterocycles. The highest BCUT2D eigenvalue weighted by atomic mass is 32.2. The summed E-state index contributed by atoms with van der Waals surface area (Å²) in [5.41, 5.74) is 5.54. The Morgan fingerprint density at radius 3 is 2.67 bits per heavy atom. The number of nitrogens with two attached hydrogens (primary N) is 1. The fourth-order valence-electron chi connectivity index (χ4n) is 2.40. The van der Waals surface area contributed by atoms with Crippen LogP contribution in [0.3, 0.4) is 0 Å². The molecule has 1 aliphatic rings. The number of likely N-dealkylation sites (N-methyl/N-ethyl adjacent to an activating group) is 2. The summed E-state index contributed by atoms with van der Waals surface area (Å²) in [7, 11) is 0.217. The zero-order valence-electron chi connectivity index (χ0n) is 11.3. The lowest BCUT2D eigenvalue weighted by molar-refractivity contribution is 0.187. The molecule has 0 radical (unpaired) electrons. The van der Waals surface area contributed by atoms with Crippen molar-refractivity contribution in [2.24, 2.45) is 5.73 Å². The first-order valence-electron chi connectivity index (χ1n) is 6.25. The molecule has 0 aromatic carbocycles. The summed E-state index contributed by atoms with van der Waals surface area (Å²) in [6.45, 7) is 3.59. The van der Waals surface area contributed by atoms with Crippen molar-refractivity contribution in [1.82, 2.24) is 9.21 Å². The Morgan fingerprint density at radius 1 is 1.61 bits per heavy atom. The Morgan fingerprint density at radius 2 is 2.22 bits per heavy atom. The van der Waals surface area contributed by atoms with Crippen molar-refractivity contribution in [2.45, 2.75) is 37.5 Å². The van der Waals surface area contributed by atoms with E-state index in [1.807, 2.05) is 7.05 Å². The van der Waals surface area contributed by atoms with E-state index in [0.29, 0.717) is 6.42 Å². The van der Waals surface area contributed by atoms with Gasteiger partial charge >= 0.3 is 0 Å². The van der Waals surface area contributed by atoms with Gasteiger partial charge in [-0.05, 0) is 32.9 Å². The van der Waals surface area contributed by atoms with E-state index in [2.05, 4.69) is 4.90 Å². The maximum atomic E-state index is 12.4. The van der Waals surface area contributed by atoms with Crippen LogP contribution in [0.15, 0.2) is 0 Å². The first-order chi connectivity index (χ1) is 8.30. The van der Waals surface area contributed by atoms with Gasteiger partial charge in [0.1, 0.15) is 5.25 Å². The number of thiocarbonyl (C=S) groups is 1. The maximum Gasteiger partial charge on any atom is 0.223 e. The number of nitrogens with zero attached hydrogens (tertiary/aromatic N) is 2. The summed E-state index contributed by atoms with van der Waals surface area (Å²) < 4.78 is 26.4. The molecule has 1 saturated heterocycles. The van der Waals surface area contributed by atoms with E-state index < -0.39 is 15.3 Å². The number of hydrogen-bond acceptors (Lipinski definition) is 4. The summed E-state index contributed by atoms with van der Waals surface area (Å²) in [5.74, 6) is 0. The van der Waals surface area contributed by atoms with Gasteiger partial charge in [0.05, 0.1) is 4.99 Å². The number of sulfonamides is 1. The Labute approximate surface area is 115 Å². The van der Waals surface area contributed by atoms with Gasteiger partial charge in [-0.3, -0.25) is 0 Å². The molecular weight excluding hydrogens is 270 g/mol. The zero-order valence-corrected chi connectivity index (χ0v) is 12.9.